The van der Waals surface area contributed by atoms with Gasteiger partial charge in [-0.2, -0.15) is 0 Å². The molecule has 0 atom stereocenters. The highest BCUT2D eigenvalue weighted by atomic mass is 35.5. The molecule has 1 aliphatic heterocycles. The third-order valence-electron chi connectivity index (χ3n) is 4.24. The Hall–Kier alpha value is -1.59. The molecule has 0 aromatic carbocycles. The molecule has 2 aromatic rings. The summed E-state index contributed by atoms with van der Waals surface area (Å²) >= 11 is 6.02. The second-order valence-electron chi connectivity index (χ2n) is 6.45. The average molecular weight is 335 g/mol. The molecule has 2 aromatic heterocycles. The van der Waals surface area contributed by atoms with Crippen LogP contribution in [0, 0.1) is 5.92 Å². The van der Waals surface area contributed by atoms with Crippen molar-refractivity contribution in [1.29, 1.82) is 0 Å². The van der Waals surface area contributed by atoms with E-state index in [0.29, 0.717) is 5.02 Å². The smallest absolute Gasteiger partial charge is 0.225 e. The summed E-state index contributed by atoms with van der Waals surface area (Å²) in [7, 11) is 0. The minimum Gasteiger partial charge on any atom is -0.341 e. The van der Waals surface area contributed by atoms with E-state index in [2.05, 4.69) is 9.88 Å². The summed E-state index contributed by atoms with van der Waals surface area (Å²) in [6.45, 7) is 8.29. The summed E-state index contributed by atoms with van der Waals surface area (Å²) in [5.74, 6) is 0.332. The summed E-state index contributed by atoms with van der Waals surface area (Å²) in [5, 5.41) is 0.707. The van der Waals surface area contributed by atoms with E-state index in [9.17, 15) is 4.79 Å². The van der Waals surface area contributed by atoms with Gasteiger partial charge in [0.15, 0.2) is 0 Å². The predicted octanol–water partition coefficient (Wildman–Crippen LogP) is 2.68. The topological polar surface area (TPSA) is 40.9 Å². The van der Waals surface area contributed by atoms with Crippen LogP contribution in [0.2, 0.25) is 5.02 Å². The van der Waals surface area contributed by atoms with E-state index in [1.165, 1.54) is 0 Å². The first-order valence-electron chi connectivity index (χ1n) is 8.17. The Kier molecular flexibility index (Phi) is 4.87. The zero-order valence-electron chi connectivity index (χ0n) is 13.7. The first-order chi connectivity index (χ1) is 11.0. The molecular formula is C17H23ClN4O. The molecule has 0 unspecified atom stereocenters. The Labute approximate surface area is 141 Å². The van der Waals surface area contributed by atoms with Crippen LogP contribution in [-0.2, 0) is 11.3 Å². The molecule has 124 valence electrons. The van der Waals surface area contributed by atoms with Gasteiger partial charge in [-0.15, -0.1) is 0 Å². The number of fused-ring (bicyclic) bond motifs is 1. The highest BCUT2D eigenvalue weighted by molar-refractivity contribution is 6.30. The van der Waals surface area contributed by atoms with E-state index in [1.54, 1.807) is 0 Å². The number of hydrogen-bond donors (Lipinski definition) is 0. The molecule has 5 nitrogen and oxygen atoms in total. The highest BCUT2D eigenvalue weighted by Crippen LogP contribution is 2.14. The van der Waals surface area contributed by atoms with Crippen molar-refractivity contribution in [2.75, 3.05) is 26.2 Å². The number of hydrogen-bond acceptors (Lipinski definition) is 3. The lowest BCUT2D eigenvalue weighted by molar-refractivity contribution is -0.134. The van der Waals surface area contributed by atoms with Gasteiger partial charge in [-0.1, -0.05) is 25.4 Å². The van der Waals surface area contributed by atoms with Crippen LogP contribution >= 0.6 is 11.6 Å². The maximum atomic E-state index is 12.1. The van der Waals surface area contributed by atoms with Gasteiger partial charge in [0.2, 0.25) is 5.91 Å². The molecule has 1 fully saturated rings. The Bertz CT molecular complexity index is 697. The van der Waals surface area contributed by atoms with Crippen molar-refractivity contribution < 1.29 is 4.79 Å². The lowest BCUT2D eigenvalue weighted by Crippen LogP contribution is -2.37. The third kappa shape index (κ3) is 3.85. The predicted molar refractivity (Wildman–Crippen MR) is 91.5 cm³/mol. The fourth-order valence-electron chi connectivity index (χ4n) is 3.04. The van der Waals surface area contributed by atoms with Crippen LogP contribution in [0.5, 0.6) is 0 Å². The van der Waals surface area contributed by atoms with Crippen LogP contribution in [0.1, 0.15) is 26.0 Å². The summed E-state index contributed by atoms with van der Waals surface area (Å²) < 4.78 is 1.96. The Morgan fingerprint density at radius 1 is 1.22 bits per heavy atom. The molecule has 0 spiro atoms. The molecule has 23 heavy (non-hydrogen) atoms. The number of aromatic nitrogens is 2. The SMILES string of the molecule is CC(C)C(=O)N1CCCN(Cc2cn3cc(Cl)ccc3n2)CC1. The van der Waals surface area contributed by atoms with Gasteiger partial charge in [-0.05, 0) is 18.6 Å². The van der Waals surface area contributed by atoms with Crippen LogP contribution in [0.4, 0.5) is 0 Å². The normalized spacial score (nSPS) is 17.0. The molecule has 0 radical (unpaired) electrons. The van der Waals surface area contributed by atoms with E-state index in [0.717, 1.165) is 50.5 Å². The maximum Gasteiger partial charge on any atom is 0.225 e. The summed E-state index contributed by atoms with van der Waals surface area (Å²) in [4.78, 5) is 21.2. The number of imidazole rings is 1. The van der Waals surface area contributed by atoms with Crippen LogP contribution in [-0.4, -0.2) is 51.3 Å². The average Bonchev–Trinajstić information content (AvgIpc) is 2.75. The molecule has 1 saturated heterocycles. The number of carbonyl (C=O) groups is 1. The second-order valence-corrected chi connectivity index (χ2v) is 6.89. The van der Waals surface area contributed by atoms with Crippen LogP contribution < -0.4 is 0 Å². The number of halogens is 1. The fraction of sp³-hybridized carbons (Fsp3) is 0.529. The van der Waals surface area contributed by atoms with Crippen molar-refractivity contribution in [1.82, 2.24) is 19.2 Å². The first kappa shape index (κ1) is 16.3. The lowest BCUT2D eigenvalue weighted by Gasteiger charge is -2.23. The highest BCUT2D eigenvalue weighted by Gasteiger charge is 2.21. The van der Waals surface area contributed by atoms with Crippen LogP contribution in [0.25, 0.3) is 5.65 Å². The number of pyridine rings is 1. The number of nitrogens with zero attached hydrogens (tertiary/aromatic N) is 4. The lowest BCUT2D eigenvalue weighted by atomic mass is 10.2. The molecule has 1 aliphatic rings. The van der Waals surface area contributed by atoms with Crippen LogP contribution in [0.15, 0.2) is 24.5 Å². The van der Waals surface area contributed by atoms with E-state index < -0.39 is 0 Å². The molecule has 0 aliphatic carbocycles. The molecular weight excluding hydrogens is 312 g/mol. The van der Waals surface area contributed by atoms with Gasteiger partial charge in [-0.3, -0.25) is 9.69 Å². The Balaban J connectivity index is 1.64. The fourth-order valence-corrected chi connectivity index (χ4v) is 3.21. The van der Waals surface area contributed by atoms with E-state index in [-0.39, 0.29) is 11.8 Å². The van der Waals surface area contributed by atoms with Crippen molar-refractivity contribution in [3.8, 4) is 0 Å². The van der Waals surface area contributed by atoms with Crippen LogP contribution in [0.3, 0.4) is 0 Å². The van der Waals surface area contributed by atoms with Crippen molar-refractivity contribution >= 4 is 23.2 Å². The number of carbonyl (C=O) groups excluding carboxylic acids is 1. The van der Waals surface area contributed by atoms with Crippen molar-refractivity contribution in [2.24, 2.45) is 5.92 Å². The summed E-state index contributed by atoms with van der Waals surface area (Å²) in [6, 6.07) is 3.78. The molecule has 1 amide bonds. The van der Waals surface area contributed by atoms with E-state index >= 15 is 0 Å². The van der Waals surface area contributed by atoms with E-state index in [4.69, 9.17) is 11.6 Å². The molecule has 6 heteroatoms. The minimum absolute atomic E-state index is 0.0738. The minimum atomic E-state index is 0.0738. The number of amides is 1. The maximum absolute atomic E-state index is 12.1. The van der Waals surface area contributed by atoms with Gasteiger partial charge in [0, 0.05) is 51.0 Å². The molecule has 3 heterocycles. The van der Waals surface area contributed by atoms with Crippen molar-refractivity contribution in [3.05, 3.63) is 35.2 Å². The quantitative estimate of drug-likeness (QED) is 0.866. The first-order valence-corrected chi connectivity index (χ1v) is 8.55. The van der Waals surface area contributed by atoms with Gasteiger partial charge in [-0.25, -0.2) is 4.98 Å². The van der Waals surface area contributed by atoms with Crippen molar-refractivity contribution in [3.63, 3.8) is 0 Å². The Morgan fingerprint density at radius 2 is 2.04 bits per heavy atom. The third-order valence-corrected chi connectivity index (χ3v) is 4.47. The van der Waals surface area contributed by atoms with Gasteiger partial charge < -0.3 is 9.30 Å². The molecule has 0 N–H and O–H groups in total. The second kappa shape index (κ2) is 6.89. The summed E-state index contributed by atoms with van der Waals surface area (Å²) in [5.41, 5.74) is 1.95. The molecule has 3 rings (SSSR count). The Morgan fingerprint density at radius 3 is 2.83 bits per heavy atom. The van der Waals surface area contributed by atoms with Gasteiger partial charge in [0.25, 0.3) is 0 Å². The molecule has 0 bridgehead atoms. The largest absolute Gasteiger partial charge is 0.341 e. The van der Waals surface area contributed by atoms with Gasteiger partial charge in [0.05, 0.1) is 10.7 Å². The molecule has 0 saturated carbocycles. The zero-order chi connectivity index (χ0) is 16.4. The zero-order valence-corrected chi connectivity index (χ0v) is 14.5. The summed E-state index contributed by atoms with van der Waals surface area (Å²) in [6.07, 6.45) is 4.92. The number of rotatable bonds is 3. The van der Waals surface area contributed by atoms with Gasteiger partial charge in [0.1, 0.15) is 5.65 Å². The standard InChI is InChI=1S/C17H23ClN4O/c1-13(2)17(23)21-7-3-6-20(8-9-21)11-15-12-22-10-14(18)4-5-16(22)19-15/h4-5,10,12-13H,3,6-9,11H2,1-2H3. The van der Waals surface area contributed by atoms with Gasteiger partial charge >= 0.3 is 0 Å². The van der Waals surface area contributed by atoms with Crippen molar-refractivity contribution in [2.45, 2.75) is 26.8 Å². The van der Waals surface area contributed by atoms with E-state index in [1.807, 2.05) is 47.7 Å². The monoisotopic (exact) mass is 334 g/mol.